The van der Waals surface area contributed by atoms with Crippen LogP contribution in [0.15, 0.2) is 54.4 Å². The van der Waals surface area contributed by atoms with Crippen molar-refractivity contribution in [2.45, 2.75) is 32.1 Å². The van der Waals surface area contributed by atoms with Crippen molar-refractivity contribution in [3.8, 4) is 0 Å². The van der Waals surface area contributed by atoms with Crippen molar-refractivity contribution in [2.24, 2.45) is 0 Å². The average Bonchev–Trinajstić information content (AvgIpc) is 2.74. The van der Waals surface area contributed by atoms with Crippen molar-refractivity contribution in [3.63, 3.8) is 0 Å². The van der Waals surface area contributed by atoms with E-state index in [4.69, 9.17) is 4.74 Å². The number of pyridine rings is 1. The van der Waals surface area contributed by atoms with Crippen LogP contribution in [0.2, 0.25) is 0 Å². The predicted octanol–water partition coefficient (Wildman–Crippen LogP) is 4.42. The number of hydrogen-bond donors (Lipinski definition) is 2. The van der Waals surface area contributed by atoms with Gasteiger partial charge in [0, 0.05) is 24.6 Å². The number of benzene rings is 1. The van der Waals surface area contributed by atoms with Gasteiger partial charge in [0.05, 0.1) is 23.9 Å². The Morgan fingerprint density at radius 1 is 1.11 bits per heavy atom. The number of methoxy groups -OCH3 is 1. The summed E-state index contributed by atoms with van der Waals surface area (Å²) in [5.41, 5.74) is 3.67. The van der Waals surface area contributed by atoms with Crippen LogP contribution in [0.4, 0.5) is 11.4 Å². The van der Waals surface area contributed by atoms with E-state index >= 15 is 0 Å². The van der Waals surface area contributed by atoms with E-state index in [0.717, 1.165) is 18.7 Å². The molecule has 0 bridgehead atoms. The lowest BCUT2D eigenvalue weighted by atomic mass is 9.97. The molecule has 1 heterocycles. The van der Waals surface area contributed by atoms with Crippen molar-refractivity contribution in [2.75, 3.05) is 24.3 Å². The number of ether oxygens (including phenoxy) is 1. The van der Waals surface area contributed by atoms with Crippen LogP contribution in [-0.4, -0.2) is 30.5 Å². The first-order valence-electron chi connectivity index (χ1n) is 9.52. The molecule has 0 spiro atoms. The Hall–Kier alpha value is -3.15. The minimum atomic E-state index is -0.447. The number of rotatable bonds is 7. The number of carbonyl (C=O) groups excluding carboxylic acids is 2. The molecule has 146 valence electrons. The fourth-order valence-electron chi connectivity index (χ4n) is 3.20. The fourth-order valence-corrected chi connectivity index (χ4v) is 3.20. The molecule has 1 aliphatic carbocycles. The van der Waals surface area contributed by atoms with Gasteiger partial charge in [0.2, 0.25) is 0 Å². The van der Waals surface area contributed by atoms with Gasteiger partial charge in [-0.3, -0.25) is 9.78 Å². The third-order valence-electron chi connectivity index (χ3n) is 4.70. The number of allylic oxidation sites excluding steroid dienone is 1. The summed E-state index contributed by atoms with van der Waals surface area (Å²) in [6, 6.07) is 8.41. The second kappa shape index (κ2) is 9.69. The number of anilines is 2. The van der Waals surface area contributed by atoms with E-state index in [1.165, 1.54) is 44.6 Å². The summed E-state index contributed by atoms with van der Waals surface area (Å²) in [6.07, 6.45) is 11.5. The van der Waals surface area contributed by atoms with Crippen LogP contribution in [0.25, 0.3) is 0 Å². The van der Waals surface area contributed by atoms with Gasteiger partial charge in [-0.2, -0.15) is 0 Å². The monoisotopic (exact) mass is 379 g/mol. The summed E-state index contributed by atoms with van der Waals surface area (Å²) < 4.78 is 4.70. The minimum Gasteiger partial charge on any atom is -0.465 e. The van der Waals surface area contributed by atoms with Crippen LogP contribution in [0.5, 0.6) is 0 Å². The molecule has 0 aliphatic heterocycles. The third kappa shape index (κ3) is 5.42. The maximum atomic E-state index is 12.5. The van der Waals surface area contributed by atoms with E-state index < -0.39 is 5.97 Å². The lowest BCUT2D eigenvalue weighted by molar-refractivity contribution is 0.0600. The van der Waals surface area contributed by atoms with Crippen LogP contribution in [0.3, 0.4) is 0 Å². The Bertz CT molecular complexity index is 877. The molecule has 0 radical (unpaired) electrons. The van der Waals surface area contributed by atoms with Gasteiger partial charge in [0.15, 0.2) is 0 Å². The first kappa shape index (κ1) is 19.6. The zero-order valence-electron chi connectivity index (χ0n) is 16.0. The second-order valence-corrected chi connectivity index (χ2v) is 6.77. The number of nitrogens with zero attached hydrogens (tertiary/aromatic N) is 1. The molecule has 1 aromatic carbocycles. The van der Waals surface area contributed by atoms with Gasteiger partial charge >= 0.3 is 5.97 Å². The lowest BCUT2D eigenvalue weighted by Crippen LogP contribution is -2.13. The molecule has 6 heteroatoms. The Balaban J connectivity index is 1.59. The topological polar surface area (TPSA) is 80.3 Å². The van der Waals surface area contributed by atoms with Crippen molar-refractivity contribution in [1.82, 2.24) is 4.98 Å². The Morgan fingerprint density at radius 3 is 2.75 bits per heavy atom. The largest absolute Gasteiger partial charge is 0.465 e. The average molecular weight is 379 g/mol. The van der Waals surface area contributed by atoms with Gasteiger partial charge in [-0.05, 0) is 56.4 Å². The van der Waals surface area contributed by atoms with Crippen molar-refractivity contribution < 1.29 is 14.3 Å². The van der Waals surface area contributed by atoms with Crippen LogP contribution in [-0.2, 0) is 4.74 Å². The van der Waals surface area contributed by atoms with Crippen LogP contribution in [0, 0.1) is 0 Å². The Kier molecular flexibility index (Phi) is 6.78. The molecular weight excluding hydrogens is 354 g/mol. The quantitative estimate of drug-likeness (QED) is 0.550. The SMILES string of the molecule is COC(=O)c1cccc(NC(=O)c2cncc(NCCC3=CCCCC3)c2)c1. The molecular formula is C22H25N3O3. The van der Waals surface area contributed by atoms with Crippen LogP contribution in [0.1, 0.15) is 52.8 Å². The summed E-state index contributed by atoms with van der Waals surface area (Å²) >= 11 is 0. The molecule has 3 rings (SSSR count). The number of nitrogens with one attached hydrogen (secondary N) is 2. The normalized spacial score (nSPS) is 13.4. The van der Waals surface area contributed by atoms with E-state index in [2.05, 4.69) is 21.7 Å². The molecule has 1 aromatic heterocycles. The van der Waals surface area contributed by atoms with Crippen molar-refractivity contribution >= 4 is 23.3 Å². The van der Waals surface area contributed by atoms with Crippen molar-refractivity contribution in [1.29, 1.82) is 0 Å². The molecule has 28 heavy (non-hydrogen) atoms. The lowest BCUT2D eigenvalue weighted by Gasteiger charge is -2.13. The van der Waals surface area contributed by atoms with Crippen LogP contribution < -0.4 is 10.6 Å². The predicted molar refractivity (Wildman–Crippen MR) is 110 cm³/mol. The maximum absolute atomic E-state index is 12.5. The molecule has 0 saturated carbocycles. The minimum absolute atomic E-state index is 0.284. The summed E-state index contributed by atoms with van der Waals surface area (Å²) in [5, 5.41) is 6.13. The number of aromatic nitrogens is 1. The van der Waals surface area contributed by atoms with Gasteiger partial charge in [-0.25, -0.2) is 4.79 Å². The molecule has 6 nitrogen and oxygen atoms in total. The number of amides is 1. The highest BCUT2D eigenvalue weighted by molar-refractivity contribution is 6.05. The molecule has 2 aromatic rings. The second-order valence-electron chi connectivity index (χ2n) is 6.77. The molecule has 0 atom stereocenters. The van der Waals surface area contributed by atoms with Gasteiger partial charge in [-0.15, -0.1) is 0 Å². The van der Waals surface area contributed by atoms with Gasteiger partial charge in [0.1, 0.15) is 0 Å². The van der Waals surface area contributed by atoms with E-state index in [-0.39, 0.29) is 5.91 Å². The maximum Gasteiger partial charge on any atom is 0.337 e. The van der Waals surface area contributed by atoms with Gasteiger partial charge < -0.3 is 15.4 Å². The summed E-state index contributed by atoms with van der Waals surface area (Å²) in [5.74, 6) is -0.731. The first-order chi connectivity index (χ1) is 13.7. The number of hydrogen-bond acceptors (Lipinski definition) is 5. The standard InChI is InChI=1S/C22H25N3O3/c1-28-22(27)17-8-5-9-19(12-17)25-21(26)18-13-20(15-23-14-18)24-11-10-16-6-3-2-4-7-16/h5-6,8-9,12-15,24H,2-4,7,10-11H2,1H3,(H,25,26). The third-order valence-corrected chi connectivity index (χ3v) is 4.70. The zero-order chi connectivity index (χ0) is 19.8. The van der Waals surface area contributed by atoms with Crippen molar-refractivity contribution in [3.05, 3.63) is 65.5 Å². The molecule has 1 aliphatic rings. The zero-order valence-corrected chi connectivity index (χ0v) is 16.0. The van der Waals surface area contributed by atoms with E-state index in [1.807, 2.05) is 0 Å². The molecule has 0 saturated heterocycles. The summed E-state index contributed by atoms with van der Waals surface area (Å²) in [6.45, 7) is 0.819. The van der Waals surface area contributed by atoms with Gasteiger partial charge in [0.25, 0.3) is 5.91 Å². The van der Waals surface area contributed by atoms with Crippen LogP contribution >= 0.6 is 0 Å². The summed E-state index contributed by atoms with van der Waals surface area (Å²) in [7, 11) is 1.32. The smallest absolute Gasteiger partial charge is 0.337 e. The van der Waals surface area contributed by atoms with E-state index in [1.54, 1.807) is 36.5 Å². The highest BCUT2D eigenvalue weighted by atomic mass is 16.5. The molecule has 0 fully saturated rings. The molecule has 1 amide bonds. The number of carbonyl (C=O) groups is 2. The summed E-state index contributed by atoms with van der Waals surface area (Å²) in [4.78, 5) is 28.3. The van der Waals surface area contributed by atoms with Gasteiger partial charge in [-0.1, -0.05) is 17.7 Å². The number of esters is 1. The molecule has 2 N–H and O–H groups in total. The Labute approximate surface area is 165 Å². The molecule has 0 unspecified atom stereocenters. The van der Waals surface area contributed by atoms with E-state index in [9.17, 15) is 9.59 Å². The highest BCUT2D eigenvalue weighted by Crippen LogP contribution is 2.20. The highest BCUT2D eigenvalue weighted by Gasteiger charge is 2.11. The first-order valence-corrected chi connectivity index (χ1v) is 9.52. The van der Waals surface area contributed by atoms with E-state index in [0.29, 0.717) is 16.8 Å². The Morgan fingerprint density at radius 2 is 1.96 bits per heavy atom. The fraction of sp³-hybridized carbons (Fsp3) is 0.318.